The summed E-state index contributed by atoms with van der Waals surface area (Å²) in [5, 5.41) is 5.54. The van der Waals surface area contributed by atoms with Crippen molar-refractivity contribution in [3.05, 3.63) is 23.1 Å². The van der Waals surface area contributed by atoms with Gasteiger partial charge in [0.15, 0.2) is 0 Å². The highest BCUT2D eigenvalue weighted by atomic mass is 79.9. The maximum Gasteiger partial charge on any atom is 0.410 e. The van der Waals surface area contributed by atoms with Crippen molar-refractivity contribution in [1.29, 1.82) is 0 Å². The molecule has 7 heteroatoms. The van der Waals surface area contributed by atoms with Crippen molar-refractivity contribution < 1.29 is 9.53 Å². The van der Waals surface area contributed by atoms with Crippen LogP contribution in [0, 0.1) is 0 Å². The average Bonchev–Trinajstić information content (AvgIpc) is 3.03. The van der Waals surface area contributed by atoms with E-state index in [4.69, 9.17) is 4.74 Å². The van der Waals surface area contributed by atoms with E-state index in [0.717, 1.165) is 21.9 Å². The smallest absolute Gasteiger partial charge is 0.410 e. The van der Waals surface area contributed by atoms with Crippen LogP contribution in [0.2, 0.25) is 0 Å². The SMILES string of the molecule is CC(C)(C)OC(=O)N1CCC(n2nc(Br)c3cnccc32)C1. The molecule has 0 aromatic carbocycles. The van der Waals surface area contributed by atoms with Gasteiger partial charge in [0.1, 0.15) is 10.2 Å². The van der Waals surface area contributed by atoms with Crippen molar-refractivity contribution in [2.24, 2.45) is 0 Å². The van der Waals surface area contributed by atoms with Gasteiger partial charge in [-0.1, -0.05) is 0 Å². The molecule has 0 radical (unpaired) electrons. The number of aromatic nitrogens is 3. The fraction of sp³-hybridized carbons (Fsp3) is 0.533. The van der Waals surface area contributed by atoms with Crippen molar-refractivity contribution in [3.63, 3.8) is 0 Å². The molecule has 1 saturated heterocycles. The van der Waals surface area contributed by atoms with Gasteiger partial charge >= 0.3 is 6.09 Å². The summed E-state index contributed by atoms with van der Waals surface area (Å²) >= 11 is 3.47. The highest BCUT2D eigenvalue weighted by Gasteiger charge is 2.32. The monoisotopic (exact) mass is 366 g/mol. The van der Waals surface area contributed by atoms with Gasteiger partial charge in [-0.05, 0) is 49.2 Å². The summed E-state index contributed by atoms with van der Waals surface area (Å²) in [4.78, 5) is 18.0. The van der Waals surface area contributed by atoms with E-state index in [0.29, 0.717) is 13.1 Å². The Labute approximate surface area is 137 Å². The minimum absolute atomic E-state index is 0.156. The first-order valence-corrected chi connectivity index (χ1v) is 8.10. The van der Waals surface area contributed by atoms with E-state index in [9.17, 15) is 4.79 Å². The first-order chi connectivity index (χ1) is 10.3. The van der Waals surface area contributed by atoms with Crippen molar-refractivity contribution in [3.8, 4) is 0 Å². The van der Waals surface area contributed by atoms with Crippen LogP contribution < -0.4 is 0 Å². The average molecular weight is 367 g/mol. The van der Waals surface area contributed by atoms with Crippen LogP contribution in [-0.4, -0.2) is 44.4 Å². The molecule has 118 valence electrons. The summed E-state index contributed by atoms with van der Waals surface area (Å²) < 4.78 is 8.20. The molecule has 3 heterocycles. The van der Waals surface area contributed by atoms with Crippen LogP contribution in [0.5, 0.6) is 0 Å². The van der Waals surface area contributed by atoms with Gasteiger partial charge in [-0.3, -0.25) is 9.67 Å². The molecule has 6 nitrogen and oxygen atoms in total. The molecule has 2 aromatic heterocycles. The molecule has 1 aliphatic heterocycles. The van der Waals surface area contributed by atoms with Crippen LogP contribution in [0.25, 0.3) is 10.9 Å². The second-order valence-electron chi connectivity index (χ2n) is 6.50. The van der Waals surface area contributed by atoms with E-state index >= 15 is 0 Å². The molecule has 0 aliphatic carbocycles. The molecule has 0 bridgehead atoms. The number of rotatable bonds is 1. The van der Waals surface area contributed by atoms with Crippen LogP contribution in [0.4, 0.5) is 4.79 Å². The number of fused-ring (bicyclic) bond motifs is 1. The topological polar surface area (TPSA) is 60.2 Å². The second-order valence-corrected chi connectivity index (χ2v) is 7.25. The predicted octanol–water partition coefficient (Wildman–Crippen LogP) is 3.38. The number of carbonyl (C=O) groups excluding carboxylic acids is 1. The largest absolute Gasteiger partial charge is 0.444 e. The molecule has 1 unspecified atom stereocenters. The molecule has 1 fully saturated rings. The maximum absolute atomic E-state index is 12.2. The van der Waals surface area contributed by atoms with Crippen LogP contribution in [-0.2, 0) is 4.74 Å². The Morgan fingerprint density at radius 2 is 2.23 bits per heavy atom. The lowest BCUT2D eigenvalue weighted by atomic mass is 10.2. The summed E-state index contributed by atoms with van der Waals surface area (Å²) in [5.41, 5.74) is 0.556. The summed E-state index contributed by atoms with van der Waals surface area (Å²) in [5.74, 6) is 0. The van der Waals surface area contributed by atoms with Gasteiger partial charge in [0.2, 0.25) is 0 Å². The third-order valence-electron chi connectivity index (χ3n) is 3.62. The predicted molar refractivity (Wildman–Crippen MR) is 86.7 cm³/mol. The summed E-state index contributed by atoms with van der Waals surface area (Å²) in [6, 6.07) is 2.10. The highest BCUT2D eigenvalue weighted by molar-refractivity contribution is 9.10. The molecule has 0 spiro atoms. The first kappa shape index (κ1) is 15.3. The van der Waals surface area contributed by atoms with E-state index in [1.165, 1.54) is 0 Å². The molecule has 3 rings (SSSR count). The fourth-order valence-corrected chi connectivity index (χ4v) is 3.14. The van der Waals surface area contributed by atoms with Crippen molar-refractivity contribution in [2.75, 3.05) is 13.1 Å². The van der Waals surface area contributed by atoms with Gasteiger partial charge < -0.3 is 9.64 Å². The lowest BCUT2D eigenvalue weighted by Crippen LogP contribution is -2.35. The van der Waals surface area contributed by atoms with E-state index in [2.05, 4.69) is 26.0 Å². The third-order valence-corrected chi connectivity index (χ3v) is 4.21. The van der Waals surface area contributed by atoms with Crippen LogP contribution in [0.1, 0.15) is 33.2 Å². The number of amides is 1. The van der Waals surface area contributed by atoms with Crippen molar-refractivity contribution >= 4 is 32.9 Å². The summed E-state index contributed by atoms with van der Waals surface area (Å²) in [7, 11) is 0. The molecule has 1 atom stereocenters. The van der Waals surface area contributed by atoms with E-state index in [1.54, 1.807) is 17.3 Å². The Hall–Kier alpha value is -1.63. The zero-order chi connectivity index (χ0) is 15.9. The van der Waals surface area contributed by atoms with Gasteiger partial charge in [-0.15, -0.1) is 0 Å². The normalized spacial score (nSPS) is 18.9. The number of carbonyl (C=O) groups is 1. The van der Waals surface area contributed by atoms with E-state index < -0.39 is 5.60 Å². The van der Waals surface area contributed by atoms with E-state index in [1.807, 2.05) is 31.5 Å². The summed E-state index contributed by atoms with van der Waals surface area (Å²) in [6.07, 6.45) is 4.16. The third kappa shape index (κ3) is 2.95. The Kier molecular flexibility index (Phi) is 3.84. The number of hydrogen-bond donors (Lipinski definition) is 0. The van der Waals surface area contributed by atoms with Crippen molar-refractivity contribution in [2.45, 2.75) is 38.8 Å². The summed E-state index contributed by atoms with van der Waals surface area (Å²) in [6.45, 7) is 6.93. The standard InChI is InChI=1S/C15H19BrN4O2/c1-15(2,3)22-14(21)19-7-5-10(9-19)20-12-4-6-17-8-11(12)13(16)18-20/h4,6,8,10H,5,7,9H2,1-3H3. The fourth-order valence-electron chi connectivity index (χ4n) is 2.66. The minimum Gasteiger partial charge on any atom is -0.444 e. The van der Waals surface area contributed by atoms with Gasteiger partial charge in [0, 0.05) is 25.5 Å². The maximum atomic E-state index is 12.2. The molecule has 1 amide bonds. The number of likely N-dealkylation sites (tertiary alicyclic amines) is 1. The zero-order valence-corrected chi connectivity index (χ0v) is 14.5. The minimum atomic E-state index is -0.470. The Bertz CT molecular complexity index is 707. The first-order valence-electron chi connectivity index (χ1n) is 7.31. The molecule has 22 heavy (non-hydrogen) atoms. The number of pyridine rings is 1. The second kappa shape index (κ2) is 5.53. The van der Waals surface area contributed by atoms with Crippen LogP contribution in [0.15, 0.2) is 23.1 Å². The van der Waals surface area contributed by atoms with Gasteiger partial charge in [-0.25, -0.2) is 4.79 Å². The quantitative estimate of drug-likeness (QED) is 0.775. The molecule has 2 aromatic rings. The lowest BCUT2D eigenvalue weighted by Gasteiger charge is -2.24. The molecule has 1 aliphatic rings. The zero-order valence-electron chi connectivity index (χ0n) is 12.9. The number of hydrogen-bond acceptors (Lipinski definition) is 4. The molecule has 0 saturated carbocycles. The van der Waals surface area contributed by atoms with Gasteiger partial charge in [0.25, 0.3) is 0 Å². The Balaban J connectivity index is 1.79. The van der Waals surface area contributed by atoms with Gasteiger partial charge in [-0.2, -0.15) is 5.10 Å². The van der Waals surface area contributed by atoms with Crippen LogP contribution in [0.3, 0.4) is 0 Å². The van der Waals surface area contributed by atoms with E-state index in [-0.39, 0.29) is 12.1 Å². The van der Waals surface area contributed by atoms with Crippen LogP contribution >= 0.6 is 15.9 Å². The molecule has 0 N–H and O–H groups in total. The van der Waals surface area contributed by atoms with Crippen molar-refractivity contribution in [1.82, 2.24) is 19.7 Å². The highest BCUT2D eigenvalue weighted by Crippen LogP contribution is 2.29. The molecular weight excluding hydrogens is 348 g/mol. The number of ether oxygens (including phenoxy) is 1. The van der Waals surface area contributed by atoms with Gasteiger partial charge in [0.05, 0.1) is 16.9 Å². The number of halogens is 1. The number of nitrogens with zero attached hydrogens (tertiary/aromatic N) is 4. The molecular formula is C15H19BrN4O2. The Morgan fingerprint density at radius 1 is 1.45 bits per heavy atom. The lowest BCUT2D eigenvalue weighted by molar-refractivity contribution is 0.0288. The Morgan fingerprint density at radius 3 is 2.95 bits per heavy atom.